The molecule has 6 heteroatoms. The van der Waals surface area contributed by atoms with Crippen LogP contribution in [-0.4, -0.2) is 45.9 Å². The van der Waals surface area contributed by atoms with E-state index >= 15 is 0 Å². The van der Waals surface area contributed by atoms with Crippen molar-refractivity contribution in [2.45, 2.75) is 51.3 Å². The van der Waals surface area contributed by atoms with Gasteiger partial charge in [0.15, 0.2) is 0 Å². The van der Waals surface area contributed by atoms with E-state index in [0.29, 0.717) is 0 Å². The first-order chi connectivity index (χ1) is 8.70. The molecule has 0 aromatic carbocycles. The fraction of sp³-hybridized carbons (Fsp3) is 0.833. The summed E-state index contributed by atoms with van der Waals surface area (Å²) in [4.78, 5) is 2.21. The smallest absolute Gasteiger partial charge is 0.205 e. The molecule has 0 saturated heterocycles. The van der Waals surface area contributed by atoms with Gasteiger partial charge in [0, 0.05) is 12.6 Å². The van der Waals surface area contributed by atoms with E-state index in [1.807, 2.05) is 6.92 Å². The summed E-state index contributed by atoms with van der Waals surface area (Å²) in [5.74, 6) is 0. The summed E-state index contributed by atoms with van der Waals surface area (Å²) in [6, 6.07) is 0.269. The molecule has 2 rings (SSSR count). The zero-order valence-corrected chi connectivity index (χ0v) is 11.9. The molecule has 1 heterocycles. The Morgan fingerprint density at radius 2 is 2.17 bits per heavy atom. The van der Waals surface area contributed by atoms with Gasteiger partial charge >= 0.3 is 0 Å². The third kappa shape index (κ3) is 3.40. The second-order valence-electron chi connectivity index (χ2n) is 4.87. The zero-order valence-electron chi connectivity index (χ0n) is 11.1. The molecule has 1 aliphatic carbocycles. The van der Waals surface area contributed by atoms with E-state index in [-0.39, 0.29) is 12.1 Å². The second-order valence-corrected chi connectivity index (χ2v) is 5.93. The third-order valence-corrected chi connectivity index (χ3v) is 4.31. The maximum Gasteiger partial charge on any atom is 0.205 e. The molecule has 0 aliphatic heterocycles. The number of aromatic nitrogens is 2. The van der Waals surface area contributed by atoms with Crippen LogP contribution in [-0.2, 0) is 6.54 Å². The quantitative estimate of drug-likeness (QED) is 0.853. The molecule has 5 nitrogen and oxygen atoms in total. The summed E-state index contributed by atoms with van der Waals surface area (Å²) < 4.78 is 0. The highest BCUT2D eigenvalue weighted by atomic mass is 32.1. The van der Waals surface area contributed by atoms with Crippen LogP contribution in [0.15, 0.2) is 0 Å². The van der Waals surface area contributed by atoms with E-state index in [0.717, 1.165) is 42.5 Å². The number of anilines is 1. The summed E-state index contributed by atoms with van der Waals surface area (Å²) in [7, 11) is 2.06. The van der Waals surface area contributed by atoms with Crippen LogP contribution in [0.25, 0.3) is 0 Å². The monoisotopic (exact) mass is 270 g/mol. The molecule has 0 spiro atoms. The normalized spacial score (nSPS) is 24.4. The molecule has 102 valence electrons. The number of nitrogens with zero attached hydrogens (tertiary/aromatic N) is 3. The third-order valence-electron chi connectivity index (χ3n) is 3.44. The van der Waals surface area contributed by atoms with Crippen molar-refractivity contribution in [2.24, 2.45) is 0 Å². The van der Waals surface area contributed by atoms with Gasteiger partial charge in [0.2, 0.25) is 5.13 Å². The van der Waals surface area contributed by atoms with E-state index in [2.05, 4.69) is 27.5 Å². The molecule has 0 amide bonds. The molecule has 0 bridgehead atoms. The van der Waals surface area contributed by atoms with Crippen LogP contribution in [0.1, 0.15) is 37.6 Å². The minimum Gasteiger partial charge on any atom is -0.391 e. The first kappa shape index (κ1) is 13.7. The van der Waals surface area contributed by atoms with E-state index in [4.69, 9.17) is 0 Å². The number of aliphatic hydroxyl groups excluding tert-OH is 1. The summed E-state index contributed by atoms with van der Waals surface area (Å²) >= 11 is 1.59. The van der Waals surface area contributed by atoms with Crippen LogP contribution in [0.4, 0.5) is 5.13 Å². The van der Waals surface area contributed by atoms with E-state index < -0.39 is 0 Å². The first-order valence-corrected chi connectivity index (χ1v) is 7.47. The Hall–Kier alpha value is -0.720. The molecule has 18 heavy (non-hydrogen) atoms. The minimum atomic E-state index is -0.190. The van der Waals surface area contributed by atoms with E-state index in [9.17, 15) is 5.11 Å². The molecule has 2 N–H and O–H groups in total. The summed E-state index contributed by atoms with van der Waals surface area (Å²) in [6.45, 7) is 3.68. The zero-order chi connectivity index (χ0) is 13.0. The molecular formula is C12H22N4OS. The second kappa shape index (κ2) is 6.45. The minimum absolute atomic E-state index is 0.190. The maximum atomic E-state index is 10.0. The van der Waals surface area contributed by atoms with Crippen LogP contribution in [0.2, 0.25) is 0 Å². The summed E-state index contributed by atoms with van der Waals surface area (Å²) in [5.41, 5.74) is 0. The van der Waals surface area contributed by atoms with Crippen molar-refractivity contribution < 1.29 is 5.11 Å². The average Bonchev–Trinajstić information content (AvgIpc) is 2.77. The van der Waals surface area contributed by atoms with Crippen LogP contribution in [0.3, 0.4) is 0 Å². The fourth-order valence-electron chi connectivity index (χ4n) is 2.48. The van der Waals surface area contributed by atoms with Crippen LogP contribution < -0.4 is 5.32 Å². The highest BCUT2D eigenvalue weighted by molar-refractivity contribution is 7.15. The van der Waals surface area contributed by atoms with Gasteiger partial charge in [0.1, 0.15) is 5.01 Å². The average molecular weight is 270 g/mol. The van der Waals surface area contributed by atoms with Crippen molar-refractivity contribution in [2.75, 3.05) is 18.9 Å². The summed E-state index contributed by atoms with van der Waals surface area (Å²) in [6.07, 6.45) is 4.18. The van der Waals surface area contributed by atoms with Gasteiger partial charge in [-0.1, -0.05) is 24.2 Å². The molecule has 1 aromatic heterocycles. The van der Waals surface area contributed by atoms with Gasteiger partial charge in [-0.05, 0) is 26.8 Å². The van der Waals surface area contributed by atoms with E-state index in [1.54, 1.807) is 11.3 Å². The van der Waals surface area contributed by atoms with E-state index in [1.165, 1.54) is 6.42 Å². The predicted molar refractivity (Wildman–Crippen MR) is 73.8 cm³/mol. The highest BCUT2D eigenvalue weighted by Gasteiger charge is 2.27. The predicted octanol–water partition coefficient (Wildman–Crippen LogP) is 1.71. The van der Waals surface area contributed by atoms with Gasteiger partial charge in [0.05, 0.1) is 12.6 Å². The van der Waals surface area contributed by atoms with Crippen molar-refractivity contribution in [3.63, 3.8) is 0 Å². The molecule has 0 radical (unpaired) electrons. The van der Waals surface area contributed by atoms with Crippen molar-refractivity contribution in [3.8, 4) is 0 Å². The van der Waals surface area contributed by atoms with Crippen molar-refractivity contribution in [1.82, 2.24) is 15.1 Å². The van der Waals surface area contributed by atoms with Gasteiger partial charge < -0.3 is 10.4 Å². The molecule has 1 fully saturated rings. The standard InChI is InChI=1S/C12H22N4OS/c1-3-13-12-15-14-11(18-12)8-16(2)9-6-4-5-7-10(9)17/h9-10,17H,3-8H2,1-2H3,(H,13,15). The van der Waals surface area contributed by atoms with Gasteiger partial charge in [-0.2, -0.15) is 0 Å². The molecular weight excluding hydrogens is 248 g/mol. The van der Waals surface area contributed by atoms with Crippen LogP contribution in [0, 0.1) is 0 Å². The highest BCUT2D eigenvalue weighted by Crippen LogP contribution is 2.24. The van der Waals surface area contributed by atoms with Crippen molar-refractivity contribution >= 4 is 16.5 Å². The maximum absolute atomic E-state index is 10.0. The molecule has 1 aromatic rings. The number of aliphatic hydroxyl groups is 1. The molecule has 1 saturated carbocycles. The van der Waals surface area contributed by atoms with Crippen LogP contribution >= 0.6 is 11.3 Å². The number of nitrogens with one attached hydrogen (secondary N) is 1. The Balaban J connectivity index is 1.90. The number of rotatable bonds is 5. The molecule has 1 aliphatic rings. The largest absolute Gasteiger partial charge is 0.391 e. The fourth-order valence-corrected chi connectivity index (χ4v) is 3.35. The lowest BCUT2D eigenvalue weighted by Gasteiger charge is -2.34. The Morgan fingerprint density at radius 3 is 2.89 bits per heavy atom. The summed E-state index contributed by atoms with van der Waals surface area (Å²) in [5, 5.41) is 23.3. The lowest BCUT2D eigenvalue weighted by atomic mass is 9.92. The Labute approximate surface area is 112 Å². The van der Waals surface area contributed by atoms with Crippen molar-refractivity contribution in [1.29, 1.82) is 0 Å². The van der Waals surface area contributed by atoms with Gasteiger partial charge in [-0.15, -0.1) is 10.2 Å². The number of hydrogen-bond donors (Lipinski definition) is 2. The molecule has 2 atom stereocenters. The van der Waals surface area contributed by atoms with Crippen molar-refractivity contribution in [3.05, 3.63) is 5.01 Å². The SMILES string of the molecule is CCNc1nnc(CN(C)C2CCCCC2O)s1. The topological polar surface area (TPSA) is 61.3 Å². The Morgan fingerprint density at radius 1 is 1.39 bits per heavy atom. The molecule has 2 unspecified atom stereocenters. The lowest BCUT2D eigenvalue weighted by Crippen LogP contribution is -2.42. The van der Waals surface area contributed by atoms with Gasteiger partial charge in [-0.3, -0.25) is 4.90 Å². The van der Waals surface area contributed by atoms with Gasteiger partial charge in [-0.25, -0.2) is 0 Å². The Kier molecular flexibility index (Phi) is 4.91. The lowest BCUT2D eigenvalue weighted by molar-refractivity contribution is 0.0287. The van der Waals surface area contributed by atoms with Gasteiger partial charge in [0.25, 0.3) is 0 Å². The Bertz CT molecular complexity index is 371. The number of likely N-dealkylation sites (N-methyl/N-ethyl adjacent to an activating group) is 1. The first-order valence-electron chi connectivity index (χ1n) is 6.65. The van der Waals surface area contributed by atoms with Crippen LogP contribution in [0.5, 0.6) is 0 Å². The number of hydrogen-bond acceptors (Lipinski definition) is 6.